The zero-order chi connectivity index (χ0) is 16.4. The van der Waals surface area contributed by atoms with Gasteiger partial charge in [-0.25, -0.2) is 4.79 Å². The number of amides is 1. The van der Waals surface area contributed by atoms with Crippen molar-refractivity contribution in [1.29, 1.82) is 0 Å². The van der Waals surface area contributed by atoms with Crippen LogP contribution in [0.5, 0.6) is 5.75 Å². The van der Waals surface area contributed by atoms with Gasteiger partial charge in [0.05, 0.1) is 5.39 Å². The molecule has 118 valence electrons. The lowest BCUT2D eigenvalue weighted by molar-refractivity contribution is -0.123. The molecule has 1 aromatic carbocycles. The van der Waals surface area contributed by atoms with E-state index >= 15 is 0 Å². The fraction of sp³-hybridized carbons (Fsp3) is 0.412. The number of hydrogen-bond donors (Lipinski definition) is 1. The number of rotatable bonds is 4. The van der Waals surface area contributed by atoms with Gasteiger partial charge in [-0.15, -0.1) is 0 Å². The van der Waals surface area contributed by atoms with E-state index in [0.717, 1.165) is 16.5 Å². The average molecular weight is 303 g/mol. The Bertz CT molecular complexity index is 774. The van der Waals surface area contributed by atoms with Gasteiger partial charge in [0.25, 0.3) is 5.91 Å². The summed E-state index contributed by atoms with van der Waals surface area (Å²) in [5, 5.41) is 3.51. The highest BCUT2D eigenvalue weighted by Gasteiger charge is 2.14. The zero-order valence-electron chi connectivity index (χ0n) is 13.6. The average Bonchev–Trinajstić information content (AvgIpc) is 2.41. The van der Waals surface area contributed by atoms with Crippen molar-refractivity contribution in [1.82, 2.24) is 5.32 Å². The lowest BCUT2D eigenvalue weighted by Crippen LogP contribution is -2.34. The van der Waals surface area contributed by atoms with E-state index in [9.17, 15) is 9.59 Å². The minimum absolute atomic E-state index is 0.0624. The number of carbonyl (C=O) groups excluding carboxylic acids is 1. The Morgan fingerprint density at radius 3 is 2.55 bits per heavy atom. The Balaban J connectivity index is 2.43. The molecule has 2 rings (SSSR count). The molecule has 22 heavy (non-hydrogen) atoms. The van der Waals surface area contributed by atoms with Gasteiger partial charge in [-0.05, 0) is 57.9 Å². The summed E-state index contributed by atoms with van der Waals surface area (Å²) in [5.41, 5.74) is 2.39. The molecule has 2 aromatic rings. The van der Waals surface area contributed by atoms with Crippen molar-refractivity contribution in [2.45, 2.75) is 40.7 Å². The molecule has 0 unspecified atom stereocenters. The highest BCUT2D eigenvalue weighted by Crippen LogP contribution is 2.30. The fourth-order valence-electron chi connectivity index (χ4n) is 2.31. The van der Waals surface area contributed by atoms with Crippen LogP contribution in [0.1, 0.15) is 30.5 Å². The lowest BCUT2D eigenvalue weighted by Gasteiger charge is -2.13. The second-order valence-electron chi connectivity index (χ2n) is 5.79. The summed E-state index contributed by atoms with van der Waals surface area (Å²) in [5.74, 6) is 0.370. The van der Waals surface area contributed by atoms with Crippen molar-refractivity contribution in [3.8, 4) is 5.75 Å². The summed E-state index contributed by atoms with van der Waals surface area (Å²) in [6, 6.07) is 3.70. The highest BCUT2D eigenvalue weighted by molar-refractivity contribution is 5.88. The van der Waals surface area contributed by atoms with E-state index in [2.05, 4.69) is 5.32 Å². The minimum atomic E-state index is -0.348. The number of nitrogens with one attached hydrogen (secondary N) is 1. The van der Waals surface area contributed by atoms with Gasteiger partial charge in [0.15, 0.2) is 6.61 Å². The topological polar surface area (TPSA) is 68.5 Å². The summed E-state index contributed by atoms with van der Waals surface area (Å²) in [6.07, 6.45) is 0. The van der Waals surface area contributed by atoms with Crippen molar-refractivity contribution in [3.63, 3.8) is 0 Å². The molecule has 0 saturated heterocycles. The van der Waals surface area contributed by atoms with Gasteiger partial charge < -0.3 is 14.5 Å². The second kappa shape index (κ2) is 6.22. The molecule has 0 saturated carbocycles. The van der Waals surface area contributed by atoms with E-state index in [-0.39, 0.29) is 24.2 Å². The van der Waals surface area contributed by atoms with Gasteiger partial charge in [0.1, 0.15) is 11.3 Å². The molecular weight excluding hydrogens is 282 g/mol. The molecule has 5 heteroatoms. The molecule has 0 spiro atoms. The van der Waals surface area contributed by atoms with Crippen LogP contribution < -0.4 is 15.7 Å². The predicted molar refractivity (Wildman–Crippen MR) is 85.5 cm³/mol. The maximum Gasteiger partial charge on any atom is 0.339 e. The Morgan fingerprint density at radius 2 is 1.91 bits per heavy atom. The first-order valence-electron chi connectivity index (χ1n) is 7.26. The minimum Gasteiger partial charge on any atom is -0.483 e. The van der Waals surface area contributed by atoms with E-state index in [1.54, 1.807) is 13.0 Å². The number of fused-ring (bicyclic) bond motifs is 1. The first-order valence-corrected chi connectivity index (χ1v) is 7.26. The highest BCUT2D eigenvalue weighted by atomic mass is 16.5. The quantitative estimate of drug-likeness (QED) is 0.882. The third-order valence-electron chi connectivity index (χ3n) is 3.47. The SMILES string of the molecule is Cc1cc(OCC(=O)NC(C)C)c2c(C)c(C)c(=O)oc2c1. The maximum atomic E-state index is 11.8. The monoisotopic (exact) mass is 303 g/mol. The Labute approximate surface area is 129 Å². The van der Waals surface area contributed by atoms with Gasteiger partial charge in [0, 0.05) is 11.6 Å². The smallest absolute Gasteiger partial charge is 0.339 e. The third-order valence-corrected chi connectivity index (χ3v) is 3.47. The molecule has 0 radical (unpaired) electrons. The number of aryl methyl sites for hydroxylation is 2. The van der Waals surface area contributed by atoms with E-state index in [1.807, 2.05) is 33.8 Å². The molecule has 1 amide bonds. The van der Waals surface area contributed by atoms with Crippen molar-refractivity contribution in [2.24, 2.45) is 0 Å². The van der Waals surface area contributed by atoms with Crippen LogP contribution in [-0.4, -0.2) is 18.6 Å². The largest absolute Gasteiger partial charge is 0.483 e. The fourth-order valence-corrected chi connectivity index (χ4v) is 2.31. The van der Waals surface area contributed by atoms with Crippen LogP contribution in [0.3, 0.4) is 0 Å². The molecule has 0 atom stereocenters. The van der Waals surface area contributed by atoms with Gasteiger partial charge in [-0.1, -0.05) is 0 Å². The van der Waals surface area contributed by atoms with Crippen LogP contribution >= 0.6 is 0 Å². The van der Waals surface area contributed by atoms with Crippen molar-refractivity contribution < 1.29 is 13.9 Å². The Hall–Kier alpha value is -2.30. The molecule has 0 fully saturated rings. The number of carbonyl (C=O) groups is 1. The first-order chi connectivity index (χ1) is 10.3. The number of ether oxygens (including phenoxy) is 1. The molecule has 1 aromatic heterocycles. The third kappa shape index (κ3) is 3.30. The molecule has 0 aliphatic heterocycles. The van der Waals surface area contributed by atoms with Gasteiger partial charge in [-0.3, -0.25) is 4.79 Å². The van der Waals surface area contributed by atoms with Crippen LogP contribution in [-0.2, 0) is 4.79 Å². The normalized spacial score (nSPS) is 11.0. The van der Waals surface area contributed by atoms with Crippen LogP contribution in [0.15, 0.2) is 21.3 Å². The second-order valence-corrected chi connectivity index (χ2v) is 5.79. The van der Waals surface area contributed by atoms with Crippen LogP contribution in [0.25, 0.3) is 11.0 Å². The van der Waals surface area contributed by atoms with Gasteiger partial charge >= 0.3 is 5.63 Å². The molecule has 0 bridgehead atoms. The molecule has 5 nitrogen and oxygen atoms in total. The molecule has 0 aliphatic rings. The summed E-state index contributed by atoms with van der Waals surface area (Å²) < 4.78 is 11.0. The van der Waals surface area contributed by atoms with E-state index in [4.69, 9.17) is 9.15 Å². The van der Waals surface area contributed by atoms with Gasteiger partial charge in [-0.2, -0.15) is 0 Å². The number of benzene rings is 1. The van der Waals surface area contributed by atoms with Crippen LogP contribution in [0, 0.1) is 20.8 Å². The maximum absolute atomic E-state index is 11.8. The summed E-state index contributed by atoms with van der Waals surface area (Å²) in [4.78, 5) is 23.5. The zero-order valence-corrected chi connectivity index (χ0v) is 13.6. The van der Waals surface area contributed by atoms with Gasteiger partial charge in [0.2, 0.25) is 0 Å². The standard InChI is InChI=1S/C17H21NO4/c1-9(2)18-15(19)8-21-13-6-10(3)7-14-16(13)11(4)12(5)17(20)22-14/h6-7,9H,8H2,1-5H3,(H,18,19). The van der Waals surface area contributed by atoms with E-state index < -0.39 is 0 Å². The molecule has 0 aliphatic carbocycles. The summed E-state index contributed by atoms with van der Waals surface area (Å²) >= 11 is 0. The predicted octanol–water partition coefficient (Wildman–Crippen LogP) is 2.62. The van der Waals surface area contributed by atoms with E-state index in [1.165, 1.54) is 0 Å². The van der Waals surface area contributed by atoms with Crippen molar-refractivity contribution in [3.05, 3.63) is 39.2 Å². The molecular formula is C17H21NO4. The van der Waals surface area contributed by atoms with Crippen LogP contribution in [0.2, 0.25) is 0 Å². The van der Waals surface area contributed by atoms with E-state index in [0.29, 0.717) is 16.9 Å². The molecule has 1 heterocycles. The molecule has 1 N–H and O–H groups in total. The first kappa shape index (κ1) is 16.1. The summed E-state index contributed by atoms with van der Waals surface area (Å²) in [7, 11) is 0. The van der Waals surface area contributed by atoms with Crippen LogP contribution in [0.4, 0.5) is 0 Å². The Kier molecular flexibility index (Phi) is 4.54. The van der Waals surface area contributed by atoms with Crippen molar-refractivity contribution >= 4 is 16.9 Å². The summed E-state index contributed by atoms with van der Waals surface area (Å²) in [6.45, 7) is 9.16. The number of hydrogen-bond acceptors (Lipinski definition) is 4. The Morgan fingerprint density at radius 1 is 1.23 bits per heavy atom. The lowest BCUT2D eigenvalue weighted by atomic mass is 10.0. The van der Waals surface area contributed by atoms with Crippen molar-refractivity contribution in [2.75, 3.05) is 6.61 Å².